The van der Waals surface area contributed by atoms with Gasteiger partial charge in [-0.25, -0.2) is 14.4 Å². The molecular weight excluding hydrogens is 419 g/mol. The van der Waals surface area contributed by atoms with Gasteiger partial charge in [-0.05, 0) is 41.3 Å². The molecule has 168 valence electrons. The number of hydrogen-bond donors (Lipinski definition) is 1. The summed E-state index contributed by atoms with van der Waals surface area (Å²) < 4.78 is 14.8. The number of nitrogens with zero attached hydrogens (tertiary/aromatic N) is 3. The van der Waals surface area contributed by atoms with Gasteiger partial charge in [-0.1, -0.05) is 49.4 Å². The molecule has 1 amide bonds. The number of nitrogens with one attached hydrogen (secondary N) is 1. The average molecular weight is 445 g/mol. The molecule has 2 aromatic heterocycles. The van der Waals surface area contributed by atoms with Gasteiger partial charge in [0.1, 0.15) is 11.6 Å². The van der Waals surface area contributed by atoms with Crippen LogP contribution in [0.5, 0.6) is 0 Å². The number of pyridine rings is 1. The van der Waals surface area contributed by atoms with Crippen molar-refractivity contribution in [3.05, 3.63) is 106 Å². The second kappa shape index (κ2) is 10.2. The highest BCUT2D eigenvalue weighted by Crippen LogP contribution is 2.14. The van der Waals surface area contributed by atoms with Gasteiger partial charge < -0.3 is 5.32 Å². The third-order valence-electron chi connectivity index (χ3n) is 5.61. The van der Waals surface area contributed by atoms with Crippen molar-refractivity contribution in [2.45, 2.75) is 32.2 Å². The van der Waals surface area contributed by atoms with Gasteiger partial charge in [-0.15, -0.1) is 0 Å². The predicted octanol–water partition coefficient (Wildman–Crippen LogP) is 3.83. The Morgan fingerprint density at radius 3 is 2.58 bits per heavy atom. The van der Waals surface area contributed by atoms with Crippen molar-refractivity contribution in [2.24, 2.45) is 0 Å². The summed E-state index contributed by atoms with van der Waals surface area (Å²) in [6, 6.07) is 19.4. The zero-order valence-electron chi connectivity index (χ0n) is 18.4. The molecule has 0 spiro atoms. The van der Waals surface area contributed by atoms with E-state index in [1.54, 1.807) is 30.5 Å². The third-order valence-corrected chi connectivity index (χ3v) is 5.61. The van der Waals surface area contributed by atoms with Crippen LogP contribution in [0.4, 0.5) is 4.39 Å². The molecule has 1 atom stereocenters. The van der Waals surface area contributed by atoms with Crippen molar-refractivity contribution in [2.75, 3.05) is 6.54 Å². The number of fused-ring (bicyclic) bond motifs is 1. The van der Waals surface area contributed by atoms with E-state index in [4.69, 9.17) is 0 Å². The Morgan fingerprint density at radius 2 is 1.82 bits per heavy atom. The standard InChI is InChI=1S/C26H25FN4O2/c1-18(20-6-3-2-4-7-20)16-29-24(32)14-13-23-30-25-22(8-5-15-28-25)26(33)31(23)17-19-9-11-21(27)12-10-19/h2-12,15,18H,13-14,16-17H2,1H3,(H,29,32). The maximum absolute atomic E-state index is 13.3. The Labute approximate surface area is 191 Å². The molecule has 7 heteroatoms. The predicted molar refractivity (Wildman–Crippen MR) is 125 cm³/mol. The highest BCUT2D eigenvalue weighted by molar-refractivity contribution is 5.76. The minimum Gasteiger partial charge on any atom is -0.355 e. The lowest BCUT2D eigenvalue weighted by Gasteiger charge is -2.15. The largest absolute Gasteiger partial charge is 0.355 e. The van der Waals surface area contributed by atoms with E-state index in [0.29, 0.717) is 23.4 Å². The molecule has 0 aliphatic rings. The lowest BCUT2D eigenvalue weighted by atomic mass is 10.0. The van der Waals surface area contributed by atoms with E-state index in [9.17, 15) is 14.0 Å². The first-order chi connectivity index (χ1) is 16.0. The summed E-state index contributed by atoms with van der Waals surface area (Å²) in [5.41, 5.74) is 2.05. The molecule has 33 heavy (non-hydrogen) atoms. The van der Waals surface area contributed by atoms with E-state index in [0.717, 1.165) is 11.1 Å². The number of aromatic nitrogens is 3. The normalized spacial score (nSPS) is 11.9. The van der Waals surface area contributed by atoms with Crippen LogP contribution >= 0.6 is 0 Å². The molecule has 4 aromatic rings. The monoisotopic (exact) mass is 444 g/mol. The lowest BCUT2D eigenvalue weighted by molar-refractivity contribution is -0.121. The molecule has 0 fully saturated rings. The minimum absolute atomic E-state index is 0.110. The van der Waals surface area contributed by atoms with Crippen LogP contribution in [-0.4, -0.2) is 27.0 Å². The Balaban J connectivity index is 1.50. The molecule has 6 nitrogen and oxygen atoms in total. The number of aryl methyl sites for hydroxylation is 1. The van der Waals surface area contributed by atoms with Crippen LogP contribution in [-0.2, 0) is 17.8 Å². The second-order valence-corrected chi connectivity index (χ2v) is 8.04. The van der Waals surface area contributed by atoms with Crippen LogP contribution in [0.1, 0.15) is 36.2 Å². The number of carbonyl (C=O) groups is 1. The molecule has 1 unspecified atom stereocenters. The van der Waals surface area contributed by atoms with Crippen molar-refractivity contribution < 1.29 is 9.18 Å². The lowest BCUT2D eigenvalue weighted by Crippen LogP contribution is -2.30. The quantitative estimate of drug-likeness (QED) is 0.448. The molecule has 2 aromatic carbocycles. The van der Waals surface area contributed by atoms with Gasteiger partial charge in [0.2, 0.25) is 5.91 Å². The fourth-order valence-electron chi connectivity index (χ4n) is 3.70. The van der Waals surface area contributed by atoms with E-state index in [2.05, 4.69) is 22.2 Å². The summed E-state index contributed by atoms with van der Waals surface area (Å²) in [5.74, 6) is 0.214. The van der Waals surface area contributed by atoms with E-state index < -0.39 is 0 Å². The first kappa shape index (κ1) is 22.3. The van der Waals surface area contributed by atoms with Gasteiger partial charge in [0.15, 0.2) is 5.65 Å². The van der Waals surface area contributed by atoms with E-state index in [-0.39, 0.29) is 42.6 Å². The number of carbonyl (C=O) groups excluding carboxylic acids is 1. The average Bonchev–Trinajstić information content (AvgIpc) is 2.85. The SMILES string of the molecule is CC(CNC(=O)CCc1nc2ncccc2c(=O)n1Cc1ccc(F)cc1)c1ccccc1. The van der Waals surface area contributed by atoms with Crippen molar-refractivity contribution >= 4 is 16.9 Å². The van der Waals surface area contributed by atoms with Crippen molar-refractivity contribution in [3.8, 4) is 0 Å². The van der Waals surface area contributed by atoms with Crippen molar-refractivity contribution in [3.63, 3.8) is 0 Å². The number of amides is 1. The Kier molecular flexibility index (Phi) is 6.88. The Morgan fingerprint density at radius 1 is 1.06 bits per heavy atom. The number of rotatable bonds is 8. The highest BCUT2D eigenvalue weighted by atomic mass is 19.1. The van der Waals surface area contributed by atoms with Crippen LogP contribution in [0, 0.1) is 5.82 Å². The summed E-state index contributed by atoms with van der Waals surface area (Å²) in [5, 5.41) is 3.37. The van der Waals surface area contributed by atoms with Gasteiger partial charge in [0.25, 0.3) is 5.56 Å². The van der Waals surface area contributed by atoms with Gasteiger partial charge >= 0.3 is 0 Å². The maximum atomic E-state index is 13.3. The summed E-state index contributed by atoms with van der Waals surface area (Å²) in [7, 11) is 0. The first-order valence-corrected chi connectivity index (χ1v) is 10.9. The number of benzene rings is 2. The molecule has 0 aliphatic carbocycles. The van der Waals surface area contributed by atoms with Crippen LogP contribution in [0.15, 0.2) is 77.7 Å². The number of hydrogen-bond acceptors (Lipinski definition) is 4. The maximum Gasteiger partial charge on any atom is 0.263 e. The van der Waals surface area contributed by atoms with E-state index >= 15 is 0 Å². The Bertz CT molecular complexity index is 1300. The number of halogens is 1. The van der Waals surface area contributed by atoms with Crippen molar-refractivity contribution in [1.82, 2.24) is 19.9 Å². The smallest absolute Gasteiger partial charge is 0.263 e. The van der Waals surface area contributed by atoms with E-state index in [1.807, 2.05) is 30.3 Å². The molecule has 0 aliphatic heterocycles. The fraction of sp³-hybridized carbons (Fsp3) is 0.231. The van der Waals surface area contributed by atoms with Crippen molar-refractivity contribution in [1.29, 1.82) is 0 Å². The van der Waals surface area contributed by atoms with Crippen LogP contribution in [0.25, 0.3) is 11.0 Å². The molecule has 0 saturated heterocycles. The third kappa shape index (κ3) is 5.49. The van der Waals surface area contributed by atoms with Gasteiger partial charge in [-0.3, -0.25) is 14.2 Å². The second-order valence-electron chi connectivity index (χ2n) is 8.04. The molecular formula is C26H25FN4O2. The van der Waals surface area contributed by atoms with Crippen LogP contribution in [0.3, 0.4) is 0 Å². The molecule has 0 bridgehead atoms. The fourth-order valence-corrected chi connectivity index (χ4v) is 3.70. The van der Waals surface area contributed by atoms with Gasteiger partial charge in [-0.2, -0.15) is 0 Å². The summed E-state index contributed by atoms with van der Waals surface area (Å²) in [6.07, 6.45) is 2.06. The highest BCUT2D eigenvalue weighted by Gasteiger charge is 2.14. The van der Waals surface area contributed by atoms with Crippen LogP contribution in [0.2, 0.25) is 0 Å². The Hall–Kier alpha value is -3.87. The zero-order chi connectivity index (χ0) is 23.2. The first-order valence-electron chi connectivity index (χ1n) is 10.9. The molecule has 0 radical (unpaired) electrons. The molecule has 0 saturated carbocycles. The van der Waals surface area contributed by atoms with E-state index in [1.165, 1.54) is 16.7 Å². The molecule has 1 N–H and O–H groups in total. The zero-order valence-corrected chi connectivity index (χ0v) is 18.4. The molecule has 4 rings (SSSR count). The summed E-state index contributed by atoms with van der Waals surface area (Å²) in [4.78, 5) is 34.4. The molecule has 2 heterocycles. The van der Waals surface area contributed by atoms with Gasteiger partial charge in [0.05, 0.1) is 11.9 Å². The summed E-state index contributed by atoms with van der Waals surface area (Å²) in [6.45, 7) is 2.82. The summed E-state index contributed by atoms with van der Waals surface area (Å²) >= 11 is 0. The topological polar surface area (TPSA) is 76.9 Å². The van der Waals surface area contributed by atoms with Gasteiger partial charge in [0, 0.05) is 25.6 Å². The van der Waals surface area contributed by atoms with Crippen LogP contribution < -0.4 is 10.9 Å². The minimum atomic E-state index is -0.339.